The second kappa shape index (κ2) is 7.46. The van der Waals surface area contributed by atoms with Gasteiger partial charge in [0.15, 0.2) is 5.69 Å². The minimum atomic E-state index is -0.0868. The molecule has 28 heavy (non-hydrogen) atoms. The average Bonchev–Trinajstić information content (AvgIpc) is 3.16. The fourth-order valence-corrected chi connectivity index (χ4v) is 3.62. The molecular formula is C22H24N4O2. The maximum absolute atomic E-state index is 12.9. The molecule has 144 valence electrons. The molecule has 0 spiro atoms. The Morgan fingerprint density at radius 2 is 1.61 bits per heavy atom. The van der Waals surface area contributed by atoms with Crippen LogP contribution in [0.2, 0.25) is 0 Å². The van der Waals surface area contributed by atoms with Gasteiger partial charge in [-0.25, -0.2) is 0 Å². The zero-order chi connectivity index (χ0) is 19.7. The number of amides is 2. The topological polar surface area (TPSA) is 69.3 Å². The molecule has 1 fully saturated rings. The number of H-pyrrole nitrogens is 1. The van der Waals surface area contributed by atoms with Crippen LogP contribution in [-0.2, 0) is 6.42 Å². The summed E-state index contributed by atoms with van der Waals surface area (Å²) < 4.78 is 0. The van der Waals surface area contributed by atoms with Crippen molar-refractivity contribution in [2.45, 2.75) is 20.3 Å². The van der Waals surface area contributed by atoms with Crippen molar-refractivity contribution in [3.63, 3.8) is 0 Å². The fraction of sp³-hybridized carbons (Fsp3) is 0.318. The minimum Gasteiger partial charge on any atom is -0.335 e. The molecule has 0 aliphatic carbocycles. The van der Waals surface area contributed by atoms with Gasteiger partial charge in [-0.05, 0) is 43.2 Å². The number of piperazine rings is 1. The van der Waals surface area contributed by atoms with Gasteiger partial charge in [0.2, 0.25) is 0 Å². The Bertz CT molecular complexity index is 1010. The van der Waals surface area contributed by atoms with Crippen molar-refractivity contribution in [3.8, 4) is 0 Å². The highest BCUT2D eigenvalue weighted by atomic mass is 16.2. The van der Waals surface area contributed by atoms with E-state index >= 15 is 0 Å². The molecule has 1 aliphatic rings. The van der Waals surface area contributed by atoms with Crippen molar-refractivity contribution in [2.75, 3.05) is 26.2 Å². The Kier molecular flexibility index (Phi) is 4.86. The highest BCUT2D eigenvalue weighted by molar-refractivity contribution is 6.05. The second-order valence-electron chi connectivity index (χ2n) is 7.26. The van der Waals surface area contributed by atoms with Gasteiger partial charge in [0.25, 0.3) is 11.8 Å². The number of carbonyl (C=O) groups is 2. The van der Waals surface area contributed by atoms with Crippen LogP contribution in [0.4, 0.5) is 0 Å². The van der Waals surface area contributed by atoms with Gasteiger partial charge in [-0.1, -0.05) is 30.7 Å². The van der Waals surface area contributed by atoms with E-state index in [1.165, 1.54) is 5.56 Å². The van der Waals surface area contributed by atoms with Gasteiger partial charge in [0.1, 0.15) is 0 Å². The number of aromatic nitrogens is 2. The molecule has 1 aromatic heterocycles. The largest absolute Gasteiger partial charge is 0.335 e. The van der Waals surface area contributed by atoms with Crippen LogP contribution in [0, 0.1) is 6.92 Å². The summed E-state index contributed by atoms with van der Waals surface area (Å²) in [5.74, 6) is -0.0631. The molecule has 2 amide bonds. The third-order valence-corrected chi connectivity index (χ3v) is 5.38. The lowest BCUT2D eigenvalue weighted by Gasteiger charge is -2.34. The molecule has 0 saturated carbocycles. The number of rotatable bonds is 3. The molecule has 2 heterocycles. The van der Waals surface area contributed by atoms with Crippen molar-refractivity contribution >= 4 is 22.7 Å². The van der Waals surface area contributed by atoms with E-state index in [9.17, 15) is 9.59 Å². The molecular weight excluding hydrogens is 352 g/mol. The van der Waals surface area contributed by atoms with Crippen molar-refractivity contribution in [2.24, 2.45) is 0 Å². The van der Waals surface area contributed by atoms with Gasteiger partial charge in [-0.15, -0.1) is 0 Å². The zero-order valence-electron chi connectivity index (χ0n) is 16.2. The molecule has 0 unspecified atom stereocenters. The first-order valence-electron chi connectivity index (χ1n) is 9.69. The van der Waals surface area contributed by atoms with Crippen LogP contribution in [-0.4, -0.2) is 58.0 Å². The molecule has 4 rings (SSSR count). The quantitative estimate of drug-likeness (QED) is 0.764. The molecule has 0 bridgehead atoms. The number of hydrogen-bond donors (Lipinski definition) is 1. The Morgan fingerprint density at radius 3 is 2.25 bits per heavy atom. The van der Waals surface area contributed by atoms with Crippen LogP contribution in [0.25, 0.3) is 10.9 Å². The van der Waals surface area contributed by atoms with E-state index in [0.717, 1.165) is 22.9 Å². The van der Waals surface area contributed by atoms with Crippen molar-refractivity contribution in [3.05, 3.63) is 64.8 Å². The molecule has 1 N–H and O–H groups in total. The van der Waals surface area contributed by atoms with E-state index < -0.39 is 0 Å². The standard InChI is InChI=1S/C22H24N4O2/c1-3-16-5-7-17(8-6-16)21(27)25-10-12-26(13-11-25)22(28)20-18-14-15(2)4-9-19(18)23-24-20/h4-9,14H,3,10-13H2,1-2H3,(H,23,24). The second-order valence-corrected chi connectivity index (χ2v) is 7.26. The number of aryl methyl sites for hydroxylation is 2. The lowest BCUT2D eigenvalue weighted by molar-refractivity contribution is 0.0533. The summed E-state index contributed by atoms with van der Waals surface area (Å²) in [4.78, 5) is 29.3. The lowest BCUT2D eigenvalue weighted by Crippen LogP contribution is -2.50. The fourth-order valence-electron chi connectivity index (χ4n) is 3.62. The first-order chi connectivity index (χ1) is 13.6. The van der Waals surface area contributed by atoms with Gasteiger partial charge in [-0.2, -0.15) is 5.10 Å². The van der Waals surface area contributed by atoms with E-state index in [1.807, 2.05) is 54.3 Å². The van der Waals surface area contributed by atoms with Gasteiger partial charge < -0.3 is 9.80 Å². The van der Waals surface area contributed by atoms with E-state index in [4.69, 9.17) is 0 Å². The number of carbonyl (C=O) groups excluding carboxylic acids is 2. The van der Waals surface area contributed by atoms with E-state index in [2.05, 4.69) is 17.1 Å². The lowest BCUT2D eigenvalue weighted by atomic mass is 10.1. The van der Waals surface area contributed by atoms with Crippen molar-refractivity contribution < 1.29 is 9.59 Å². The summed E-state index contributed by atoms with van der Waals surface area (Å²) in [6.07, 6.45) is 0.955. The zero-order valence-corrected chi connectivity index (χ0v) is 16.2. The van der Waals surface area contributed by atoms with E-state index in [-0.39, 0.29) is 11.8 Å². The smallest absolute Gasteiger partial charge is 0.275 e. The van der Waals surface area contributed by atoms with Crippen LogP contribution in [0.1, 0.15) is 38.9 Å². The molecule has 0 radical (unpaired) electrons. The van der Waals surface area contributed by atoms with Crippen LogP contribution in [0.15, 0.2) is 42.5 Å². The highest BCUT2D eigenvalue weighted by Crippen LogP contribution is 2.20. The van der Waals surface area contributed by atoms with Crippen LogP contribution >= 0.6 is 0 Å². The third kappa shape index (κ3) is 3.38. The summed E-state index contributed by atoms with van der Waals surface area (Å²) in [6, 6.07) is 13.7. The molecule has 0 atom stereocenters. The third-order valence-electron chi connectivity index (χ3n) is 5.38. The molecule has 6 heteroatoms. The number of aromatic amines is 1. The predicted molar refractivity (Wildman–Crippen MR) is 108 cm³/mol. The SMILES string of the molecule is CCc1ccc(C(=O)N2CCN(C(=O)c3n[nH]c4ccc(C)cc34)CC2)cc1. The summed E-state index contributed by atoms with van der Waals surface area (Å²) in [5.41, 5.74) is 4.32. The number of fused-ring (bicyclic) bond motifs is 1. The first-order valence-corrected chi connectivity index (χ1v) is 9.69. The van der Waals surface area contributed by atoms with Gasteiger partial charge in [0, 0.05) is 37.1 Å². The number of nitrogens with zero attached hydrogens (tertiary/aromatic N) is 3. The Labute approximate surface area is 164 Å². The number of hydrogen-bond acceptors (Lipinski definition) is 3. The molecule has 3 aromatic rings. The Morgan fingerprint density at radius 1 is 0.964 bits per heavy atom. The first kappa shape index (κ1) is 18.2. The predicted octanol–water partition coefficient (Wildman–Crippen LogP) is 3.03. The summed E-state index contributed by atoms with van der Waals surface area (Å²) in [5, 5.41) is 8.01. The van der Waals surface area contributed by atoms with Crippen molar-refractivity contribution in [1.29, 1.82) is 0 Å². The van der Waals surface area contributed by atoms with Crippen molar-refractivity contribution in [1.82, 2.24) is 20.0 Å². The van der Waals surface area contributed by atoms with Crippen LogP contribution in [0.3, 0.4) is 0 Å². The number of benzene rings is 2. The normalized spacial score (nSPS) is 14.5. The van der Waals surface area contributed by atoms with Gasteiger partial charge in [-0.3, -0.25) is 14.7 Å². The summed E-state index contributed by atoms with van der Waals surface area (Å²) >= 11 is 0. The van der Waals surface area contributed by atoms with Crippen LogP contribution < -0.4 is 0 Å². The van der Waals surface area contributed by atoms with Crippen LogP contribution in [0.5, 0.6) is 0 Å². The maximum atomic E-state index is 12.9. The average molecular weight is 376 g/mol. The monoisotopic (exact) mass is 376 g/mol. The minimum absolute atomic E-state index is 0.0237. The molecule has 2 aromatic carbocycles. The molecule has 1 saturated heterocycles. The van der Waals surface area contributed by atoms with Gasteiger partial charge in [0.05, 0.1) is 5.52 Å². The molecule has 1 aliphatic heterocycles. The maximum Gasteiger partial charge on any atom is 0.275 e. The Balaban J connectivity index is 1.43. The van der Waals surface area contributed by atoms with E-state index in [0.29, 0.717) is 37.4 Å². The highest BCUT2D eigenvalue weighted by Gasteiger charge is 2.27. The van der Waals surface area contributed by atoms with E-state index in [1.54, 1.807) is 4.90 Å². The summed E-state index contributed by atoms with van der Waals surface area (Å²) in [6.45, 7) is 6.17. The number of nitrogens with one attached hydrogen (secondary N) is 1. The summed E-state index contributed by atoms with van der Waals surface area (Å²) in [7, 11) is 0. The Hall–Kier alpha value is -3.15. The van der Waals surface area contributed by atoms with Gasteiger partial charge >= 0.3 is 0 Å². The molecule has 6 nitrogen and oxygen atoms in total.